The molecule has 0 unspecified atom stereocenters. The van der Waals surface area contributed by atoms with Crippen LogP contribution in [0.15, 0.2) is 146 Å². The van der Waals surface area contributed by atoms with Crippen LogP contribution in [0.4, 0.5) is 32.3 Å². The molecule has 6 aromatic rings. The summed E-state index contributed by atoms with van der Waals surface area (Å²) < 4.78 is 19.5. The number of carboxylic acid groups (broad SMARTS) is 1. The minimum Gasteiger partial charge on any atom is -0.545 e. The fraction of sp³-hybridized carbons (Fsp3) is 0.174. The van der Waals surface area contributed by atoms with Crippen molar-refractivity contribution in [3.05, 3.63) is 157 Å². The number of nitrogens with zero attached hydrogens (tertiary/aromatic N) is 2. The predicted octanol–water partition coefficient (Wildman–Crippen LogP) is 7.12. The molecule has 0 aliphatic carbocycles. The van der Waals surface area contributed by atoms with Crippen molar-refractivity contribution < 1.29 is 67.5 Å². The molecule has 5 N–H and O–H groups in total. The number of halogens is 2. The van der Waals surface area contributed by atoms with Gasteiger partial charge < -0.3 is 30.4 Å². The van der Waals surface area contributed by atoms with E-state index in [1.807, 2.05) is 36.4 Å². The third-order valence-corrected chi connectivity index (χ3v) is 7.70. The average molecular weight is 938 g/mol. The summed E-state index contributed by atoms with van der Waals surface area (Å²) >= 11 is 0. The van der Waals surface area contributed by atoms with Gasteiger partial charge in [0.1, 0.15) is 11.2 Å². The van der Waals surface area contributed by atoms with Crippen LogP contribution in [0.1, 0.15) is 62.3 Å². The predicted molar refractivity (Wildman–Crippen MR) is 248 cm³/mol. The van der Waals surface area contributed by atoms with Crippen molar-refractivity contribution in [1.82, 2.24) is 9.97 Å². The Balaban J connectivity index is 0.000000340. The van der Waals surface area contributed by atoms with Crippen LogP contribution in [0.25, 0.3) is 22.3 Å². The molecule has 0 aliphatic rings. The molecule has 0 atom stereocenters. The molecule has 4 aromatic carbocycles. The van der Waals surface area contributed by atoms with E-state index in [-0.39, 0.29) is 41.0 Å². The van der Waals surface area contributed by atoms with Gasteiger partial charge >= 0.3 is 41.7 Å². The van der Waals surface area contributed by atoms with Crippen LogP contribution >= 0.6 is 21.4 Å². The molecule has 0 spiro atoms. The van der Waals surface area contributed by atoms with Crippen molar-refractivity contribution in [1.29, 1.82) is 0 Å². The topological polar surface area (TPSA) is 215 Å². The maximum atomic E-state index is 12.7. The zero-order valence-corrected chi connectivity index (χ0v) is 40.6. The molecule has 330 valence electrons. The number of pyridine rings is 2. The Morgan fingerprint density at radius 1 is 0.547 bits per heavy atom. The van der Waals surface area contributed by atoms with E-state index in [1.54, 1.807) is 139 Å². The summed E-state index contributed by atoms with van der Waals surface area (Å²) in [6.45, 7) is 10.8. The summed E-state index contributed by atoms with van der Waals surface area (Å²) in [6.07, 6.45) is 5.76. The average Bonchev–Trinajstić information content (AvgIpc) is 3.22. The Morgan fingerprint density at radius 3 is 1.25 bits per heavy atom. The van der Waals surface area contributed by atoms with Crippen LogP contribution in [0.5, 0.6) is 0 Å². The maximum Gasteiger partial charge on any atom is 1.00 e. The van der Waals surface area contributed by atoms with Gasteiger partial charge in [0.25, 0.3) is 5.91 Å². The molecule has 3 amide bonds. The van der Waals surface area contributed by atoms with Crippen molar-refractivity contribution in [3.8, 4) is 22.3 Å². The number of nitrogens with one attached hydrogen (secondary N) is 3. The van der Waals surface area contributed by atoms with Crippen molar-refractivity contribution in [2.24, 2.45) is 0 Å². The molecule has 0 bridgehead atoms. The van der Waals surface area contributed by atoms with Crippen molar-refractivity contribution in [2.75, 3.05) is 21.7 Å². The normalized spacial score (nSPS) is 10.3. The van der Waals surface area contributed by atoms with Gasteiger partial charge in [0.2, 0.25) is 9.23 Å². The molecule has 2 aromatic heterocycles. The molecule has 14 nitrogen and oxygen atoms in total. The monoisotopic (exact) mass is 936 g/mol. The standard InChI is InChI=1S/C23H23N3O3.C12H9NO2.C11H16N2O2.Cl2OS.Na/c1-23(2,3)29-22(28)26-20-7-5-4-6-19(20)25-21(27)18-10-8-16(9-11-18)17-12-14-24-15-13-17;14-12(15)11-3-1-9(2-4-11)10-5-7-13-8-6-10;1-11(2,3)15-10(14)13-9-7-5-4-6-8(9)12;1-4(2)3;/h4-15H,1-3H3,(H,25,27)(H,26,28);1-8H,(H,14,15);4-7H,12H2,1-3H3,(H,13,14);;/q;;;;+1/p-1. The Morgan fingerprint density at radius 2 is 0.875 bits per heavy atom. The number of benzene rings is 4. The van der Waals surface area contributed by atoms with E-state index >= 15 is 0 Å². The van der Waals surface area contributed by atoms with Crippen molar-refractivity contribution in [2.45, 2.75) is 52.7 Å². The van der Waals surface area contributed by atoms with E-state index in [4.69, 9.17) is 19.4 Å². The zero-order valence-electron chi connectivity index (χ0n) is 36.3. The molecule has 6 rings (SSSR count). The fourth-order valence-corrected chi connectivity index (χ4v) is 5.04. The first-order valence-corrected chi connectivity index (χ1v) is 21.7. The third kappa shape index (κ3) is 21.0. The van der Waals surface area contributed by atoms with Gasteiger partial charge in [-0.1, -0.05) is 60.7 Å². The minimum absolute atomic E-state index is 0. The SMILES string of the molecule is CC(C)(C)OC(=O)Nc1ccccc1N.CC(C)(C)OC(=O)Nc1ccccc1NC(=O)c1ccc(-c2ccncc2)cc1.O=C([O-])c1ccc(-c2ccncc2)cc1.O=S(Cl)Cl.[Na+]. The number of carbonyl (C=O) groups excluding carboxylic acids is 4. The van der Waals surface area contributed by atoms with Gasteiger partial charge in [0.05, 0.1) is 28.7 Å². The van der Waals surface area contributed by atoms with Gasteiger partial charge in [0, 0.05) is 51.7 Å². The number of hydrogen-bond donors (Lipinski definition) is 4. The molecule has 0 radical (unpaired) electrons. The number of carboxylic acids is 1. The smallest absolute Gasteiger partial charge is 0.545 e. The van der Waals surface area contributed by atoms with E-state index in [9.17, 15) is 24.3 Å². The van der Waals surface area contributed by atoms with Crippen LogP contribution in [-0.4, -0.2) is 49.4 Å². The molecule has 2 heterocycles. The van der Waals surface area contributed by atoms with Gasteiger partial charge in [-0.2, -0.15) is 0 Å². The number of hydrogen-bond acceptors (Lipinski definition) is 11. The Kier molecular flexibility index (Phi) is 22.7. The fourth-order valence-electron chi connectivity index (χ4n) is 5.04. The molecule has 18 heteroatoms. The Hall–Kier alpha value is -5.81. The zero-order chi connectivity index (χ0) is 46.6. The molecule has 0 fully saturated rings. The number of para-hydroxylation sites is 4. The second kappa shape index (κ2) is 26.7. The van der Waals surface area contributed by atoms with Crippen LogP contribution in [0, 0.1) is 0 Å². The summed E-state index contributed by atoms with van der Waals surface area (Å²) in [6, 6.07) is 35.4. The molecule has 0 aliphatic heterocycles. The van der Waals surface area contributed by atoms with Crippen LogP contribution in [-0.2, 0) is 18.7 Å². The molecule has 0 saturated heterocycles. The van der Waals surface area contributed by atoms with Crippen molar-refractivity contribution in [3.63, 3.8) is 0 Å². The summed E-state index contributed by atoms with van der Waals surface area (Å²) in [5, 5.41) is 18.6. The number of aromatic nitrogens is 2. The summed E-state index contributed by atoms with van der Waals surface area (Å²) in [4.78, 5) is 54.6. The number of nitrogens with two attached hydrogens (primary N) is 1. The van der Waals surface area contributed by atoms with Crippen LogP contribution in [0.2, 0.25) is 0 Å². The first kappa shape index (κ1) is 54.3. The number of anilines is 4. The molecular formula is C46H47Cl2N6NaO8S. The number of ether oxygens (including phenoxy) is 2. The number of amides is 3. The van der Waals surface area contributed by atoms with Crippen LogP contribution in [0.3, 0.4) is 0 Å². The van der Waals surface area contributed by atoms with Gasteiger partial charge in [0.15, 0.2) is 0 Å². The van der Waals surface area contributed by atoms with E-state index < -0.39 is 38.6 Å². The first-order chi connectivity index (χ1) is 29.7. The number of aromatic carboxylic acids is 1. The Labute approximate surface area is 406 Å². The van der Waals surface area contributed by atoms with Crippen molar-refractivity contribution >= 4 is 77.4 Å². The maximum absolute atomic E-state index is 12.7. The molecule has 0 saturated carbocycles. The molecule has 64 heavy (non-hydrogen) atoms. The molecular weight excluding hydrogens is 891 g/mol. The Bertz CT molecular complexity index is 2430. The largest absolute Gasteiger partial charge is 1.00 e. The van der Waals surface area contributed by atoms with E-state index in [0.29, 0.717) is 28.3 Å². The third-order valence-electron chi connectivity index (χ3n) is 7.70. The number of nitrogen functional groups attached to an aromatic ring is 1. The summed E-state index contributed by atoms with van der Waals surface area (Å²) in [7, 11) is 7.36. The van der Waals surface area contributed by atoms with E-state index in [1.165, 1.54) is 12.1 Å². The van der Waals surface area contributed by atoms with Gasteiger partial charge in [-0.3, -0.25) is 25.4 Å². The first-order valence-electron chi connectivity index (χ1n) is 18.9. The summed E-state index contributed by atoms with van der Waals surface area (Å²) in [5.74, 6) is -1.43. The number of carbonyl (C=O) groups is 4. The minimum atomic E-state index is -1.67. The van der Waals surface area contributed by atoms with Crippen LogP contribution < -0.4 is 56.3 Å². The van der Waals surface area contributed by atoms with Gasteiger partial charge in [-0.15, -0.1) is 0 Å². The second-order valence-corrected chi connectivity index (χ2v) is 17.5. The van der Waals surface area contributed by atoms with E-state index in [0.717, 1.165) is 22.3 Å². The van der Waals surface area contributed by atoms with E-state index in [2.05, 4.69) is 47.3 Å². The quantitative estimate of drug-likeness (QED) is 0.0718. The second-order valence-electron chi connectivity index (χ2n) is 14.9. The summed E-state index contributed by atoms with van der Waals surface area (Å²) in [5.41, 5.74) is 11.3. The van der Waals surface area contributed by atoms with Gasteiger partial charge in [-0.05, 0) is 130 Å². The number of rotatable bonds is 7. The van der Waals surface area contributed by atoms with Gasteiger partial charge in [-0.25, -0.2) is 13.8 Å².